The van der Waals surface area contributed by atoms with Crippen LogP contribution < -0.4 is 31.9 Å². The summed E-state index contributed by atoms with van der Waals surface area (Å²) in [6.07, 6.45) is 2.16. The van der Waals surface area contributed by atoms with E-state index >= 15 is 0 Å². The summed E-state index contributed by atoms with van der Waals surface area (Å²) in [6, 6.07) is 26.0. The number of anilines is 12. The molecule has 0 aliphatic carbocycles. The Morgan fingerprint density at radius 3 is 0.691 bits per heavy atom. The zero-order valence-corrected chi connectivity index (χ0v) is 44.5. The van der Waals surface area contributed by atoms with Crippen LogP contribution in [0.1, 0.15) is 11.1 Å². The van der Waals surface area contributed by atoms with Crippen molar-refractivity contribution in [1.29, 1.82) is 0 Å². The molecule has 0 fully saturated rings. The van der Waals surface area contributed by atoms with Crippen LogP contribution in [-0.2, 0) is 60.7 Å². The van der Waals surface area contributed by atoms with Gasteiger partial charge in [0, 0.05) is 34.1 Å². The third kappa shape index (κ3) is 16.5. The SMILES string of the molecule is O=S(=O)(O)c1cccc(Nc2nc(Nc3cccc(S(=O)(=O)O)c3)nc(Nc3ccc(C=Cc4ccc(Nc5nc(Nc6cccc(S(=O)(=O)O)c6)nc(Nc6cccc(S(=O)(=O)O)c6)n5)cc4S(=O)(=O)O)c(S(=O)(=O)O)c3)n2)c1.[NaH]. The molecule has 8 aromatic rings. The van der Waals surface area contributed by atoms with Gasteiger partial charge in [0.25, 0.3) is 60.7 Å². The van der Waals surface area contributed by atoms with E-state index in [1.165, 1.54) is 72.8 Å². The normalized spacial score (nSPS) is 12.3. The second kappa shape index (κ2) is 23.8. The predicted octanol–water partition coefficient (Wildman–Crippen LogP) is 5.52. The van der Waals surface area contributed by atoms with Gasteiger partial charge in [-0.05, 0) is 108 Å². The van der Waals surface area contributed by atoms with E-state index in [0.717, 1.165) is 72.8 Å². The van der Waals surface area contributed by atoms with Crippen molar-refractivity contribution in [3.63, 3.8) is 0 Å². The molecule has 0 amide bonds. The van der Waals surface area contributed by atoms with Crippen molar-refractivity contribution >= 4 is 172 Å². The molecule has 0 aliphatic heterocycles. The van der Waals surface area contributed by atoms with Gasteiger partial charge < -0.3 is 31.9 Å². The van der Waals surface area contributed by atoms with Crippen molar-refractivity contribution in [3.8, 4) is 0 Å². The van der Waals surface area contributed by atoms with Crippen LogP contribution in [0, 0.1) is 0 Å². The number of benzene rings is 6. The summed E-state index contributed by atoms with van der Waals surface area (Å²) in [6.45, 7) is 0. The van der Waals surface area contributed by atoms with E-state index in [2.05, 4.69) is 61.8 Å². The molecule has 0 saturated heterocycles. The molecule has 0 radical (unpaired) electrons. The molecule has 0 aliphatic rings. The Morgan fingerprint density at radius 1 is 0.284 bits per heavy atom. The minimum atomic E-state index is -5.12. The van der Waals surface area contributed by atoms with E-state index in [9.17, 15) is 77.8 Å². The molecule has 6 aromatic carbocycles. The molecule has 0 spiro atoms. The van der Waals surface area contributed by atoms with Crippen LogP contribution in [0.4, 0.5) is 69.8 Å². The van der Waals surface area contributed by atoms with Crippen LogP contribution in [0.2, 0.25) is 0 Å². The standard InChI is InChI=1S/C44H36N12O18S6.Na.H/c57-75(58,59)33-9-1-5-27(19-33)45-39-51-40(46-28-6-2-10-34(20-28)76(60,61)62)54-43(53-39)49-31-17-15-25(37(23-31)79(69,70)71)13-14-26-16-18-32(24-38(26)80(72,73)74)50-44-55-41(47-29-7-3-11-35(21-29)77(63,64)65)52-42(56-44)48-30-8-4-12-36(22-30)78(66,67)68;;/h1-24H,(H,57,58,59)(H,60,61,62)(H,63,64,65)(H,66,67,68)(H,69,70,71)(H,72,73,74)(H3,45,46,49,51,53,54)(H3,47,48,50,52,55,56);;. The third-order valence-electron chi connectivity index (χ3n) is 10.4. The van der Waals surface area contributed by atoms with Crippen molar-refractivity contribution in [2.75, 3.05) is 31.9 Å². The fourth-order valence-electron chi connectivity index (χ4n) is 6.93. The van der Waals surface area contributed by atoms with Gasteiger partial charge >= 0.3 is 29.6 Å². The van der Waals surface area contributed by atoms with Crippen molar-refractivity contribution in [2.45, 2.75) is 29.4 Å². The van der Waals surface area contributed by atoms with Crippen LogP contribution in [0.15, 0.2) is 163 Å². The summed E-state index contributed by atoms with van der Waals surface area (Å²) < 4.78 is 205. The van der Waals surface area contributed by atoms with Crippen LogP contribution in [-0.4, -0.2) is 137 Å². The van der Waals surface area contributed by atoms with Crippen LogP contribution in [0.3, 0.4) is 0 Å². The van der Waals surface area contributed by atoms with E-state index in [1.807, 2.05) is 0 Å². The maximum absolute atomic E-state index is 12.9. The number of nitrogens with zero attached hydrogens (tertiary/aromatic N) is 6. The van der Waals surface area contributed by atoms with E-state index in [-0.39, 0.29) is 110 Å². The summed E-state index contributed by atoms with van der Waals surface area (Å²) in [5, 5.41) is 16.3. The summed E-state index contributed by atoms with van der Waals surface area (Å²) in [5.41, 5.74) is -0.556. The van der Waals surface area contributed by atoms with Crippen LogP contribution >= 0.6 is 0 Å². The average molecular weight is 1240 g/mol. The van der Waals surface area contributed by atoms with Crippen LogP contribution in [0.5, 0.6) is 0 Å². The first-order valence-electron chi connectivity index (χ1n) is 21.7. The number of hydrogen-bond donors (Lipinski definition) is 12. The van der Waals surface area contributed by atoms with Crippen molar-refractivity contribution in [2.24, 2.45) is 0 Å². The first kappa shape index (κ1) is 61.0. The Kier molecular flexibility index (Phi) is 17.9. The Morgan fingerprint density at radius 2 is 0.494 bits per heavy atom. The fourth-order valence-corrected chi connectivity index (χ4v) is 10.5. The topological polar surface area (TPSA) is 476 Å². The molecule has 0 unspecified atom stereocenters. The van der Waals surface area contributed by atoms with Gasteiger partial charge in [-0.1, -0.05) is 48.6 Å². The first-order chi connectivity index (χ1) is 37.3. The average Bonchev–Trinajstić information content (AvgIpc) is 3.41. The maximum atomic E-state index is 12.9. The molecule has 37 heteroatoms. The van der Waals surface area contributed by atoms with Gasteiger partial charge in [0.05, 0.1) is 19.6 Å². The third-order valence-corrected chi connectivity index (χ3v) is 15.6. The molecule has 0 saturated carbocycles. The van der Waals surface area contributed by atoms with Gasteiger partial charge in [-0.15, -0.1) is 0 Å². The Labute approximate surface area is 482 Å². The summed E-state index contributed by atoms with van der Waals surface area (Å²) >= 11 is 0. The van der Waals surface area contributed by atoms with E-state index in [1.54, 1.807) is 0 Å². The van der Waals surface area contributed by atoms with Gasteiger partial charge in [-0.25, -0.2) is 0 Å². The number of aromatic nitrogens is 6. The second-order valence-corrected chi connectivity index (χ2v) is 24.6. The fraction of sp³-hybridized carbons (Fsp3) is 0. The van der Waals surface area contributed by atoms with Gasteiger partial charge in [0.2, 0.25) is 35.7 Å². The number of rotatable bonds is 20. The Bertz CT molecular complexity index is 4050. The minimum absolute atomic E-state index is 0. The molecule has 0 bridgehead atoms. The van der Waals surface area contributed by atoms with Crippen molar-refractivity contribution in [3.05, 3.63) is 145 Å². The summed E-state index contributed by atoms with van der Waals surface area (Å²) in [5.74, 6) is -1.95. The quantitative estimate of drug-likeness (QED) is 0.0254. The summed E-state index contributed by atoms with van der Waals surface area (Å²) in [7, 11) is -28.9. The van der Waals surface area contributed by atoms with Crippen molar-refractivity contribution < 1.29 is 77.8 Å². The van der Waals surface area contributed by atoms with Gasteiger partial charge in [-0.3, -0.25) is 27.3 Å². The van der Waals surface area contributed by atoms with Gasteiger partial charge in [0.1, 0.15) is 9.79 Å². The second-order valence-electron chi connectivity index (χ2n) is 16.2. The zero-order valence-electron chi connectivity index (χ0n) is 39.6. The molecule has 12 N–H and O–H groups in total. The van der Waals surface area contributed by atoms with E-state index in [4.69, 9.17) is 0 Å². The molecule has 81 heavy (non-hydrogen) atoms. The molecule has 0 atom stereocenters. The Hall–Kier alpha value is -7.66. The molecular formula is C44H37N12NaO18S6. The monoisotopic (exact) mass is 1240 g/mol. The van der Waals surface area contributed by atoms with E-state index < -0.39 is 90.1 Å². The first-order valence-corrected chi connectivity index (χ1v) is 30.3. The number of nitrogens with one attached hydrogen (secondary N) is 6. The molecule has 2 aromatic heterocycles. The van der Waals surface area contributed by atoms with Gasteiger partial charge in [-0.2, -0.15) is 80.4 Å². The molecule has 30 nitrogen and oxygen atoms in total. The molecular weight excluding hydrogens is 1200 g/mol. The summed E-state index contributed by atoms with van der Waals surface area (Å²) in [4.78, 5) is 21.7. The number of hydrogen-bond acceptors (Lipinski definition) is 24. The molecule has 8 rings (SSSR count). The Balaban J connectivity index is 0.00000946. The van der Waals surface area contributed by atoms with Crippen molar-refractivity contribution in [1.82, 2.24) is 29.9 Å². The van der Waals surface area contributed by atoms with Gasteiger partial charge in [0.15, 0.2) is 0 Å². The molecule has 2 heterocycles. The zero-order chi connectivity index (χ0) is 58.0. The molecule has 418 valence electrons. The van der Waals surface area contributed by atoms with E-state index in [0.29, 0.717) is 0 Å². The predicted molar refractivity (Wildman–Crippen MR) is 293 cm³/mol. The van der Waals surface area contributed by atoms with Crippen LogP contribution in [0.25, 0.3) is 12.2 Å².